The van der Waals surface area contributed by atoms with Gasteiger partial charge in [-0.05, 0) is 30.3 Å². The zero-order chi connectivity index (χ0) is 17.8. The van der Waals surface area contributed by atoms with Gasteiger partial charge in [-0.1, -0.05) is 23.9 Å². The summed E-state index contributed by atoms with van der Waals surface area (Å²) < 4.78 is 36.2. The summed E-state index contributed by atoms with van der Waals surface area (Å²) in [5, 5.41) is 0.310. The highest BCUT2D eigenvalue weighted by Crippen LogP contribution is 2.23. The van der Waals surface area contributed by atoms with Gasteiger partial charge in [0.25, 0.3) is 5.22 Å². The number of fused-ring (bicyclic) bond motifs is 1. The molecule has 1 heterocycles. The molecule has 25 heavy (non-hydrogen) atoms. The molecule has 0 N–H and O–H groups in total. The van der Waals surface area contributed by atoms with Gasteiger partial charge in [0.05, 0.1) is 0 Å². The molecule has 128 valence electrons. The van der Waals surface area contributed by atoms with E-state index in [1.807, 2.05) is 6.07 Å². The normalized spacial score (nSPS) is 10.8. The molecule has 0 fully saturated rings. The number of ether oxygens (including phenoxy) is 1. The fourth-order valence-electron chi connectivity index (χ4n) is 1.97. The van der Waals surface area contributed by atoms with Crippen LogP contribution in [0.3, 0.4) is 0 Å². The number of rotatable bonds is 6. The van der Waals surface area contributed by atoms with Gasteiger partial charge in [0.2, 0.25) is 0 Å². The third-order valence-electron chi connectivity index (χ3n) is 3.19. The number of nitrogens with zero attached hydrogens (tertiary/aromatic N) is 1. The van der Waals surface area contributed by atoms with Crippen molar-refractivity contribution in [3.63, 3.8) is 0 Å². The van der Waals surface area contributed by atoms with Gasteiger partial charge in [-0.25, -0.2) is 13.8 Å². The summed E-state index contributed by atoms with van der Waals surface area (Å²) in [5.41, 5.74) is 1.21. The van der Waals surface area contributed by atoms with Gasteiger partial charge in [-0.3, -0.25) is 9.59 Å². The zero-order valence-electron chi connectivity index (χ0n) is 12.7. The second-order valence-electron chi connectivity index (χ2n) is 4.95. The topological polar surface area (TPSA) is 69.4 Å². The average molecular weight is 363 g/mol. The van der Waals surface area contributed by atoms with Crippen molar-refractivity contribution < 1.29 is 27.5 Å². The Bertz CT molecular complexity index is 908. The predicted molar refractivity (Wildman–Crippen MR) is 86.4 cm³/mol. The molecule has 0 aliphatic carbocycles. The Hall–Kier alpha value is -2.74. The van der Waals surface area contributed by atoms with Crippen molar-refractivity contribution in [3.05, 3.63) is 59.7 Å². The summed E-state index contributed by atoms with van der Waals surface area (Å²) >= 11 is 1.03. The van der Waals surface area contributed by atoms with E-state index in [0.717, 1.165) is 30.0 Å². The highest BCUT2D eigenvalue weighted by Gasteiger charge is 2.14. The van der Waals surface area contributed by atoms with Crippen LogP contribution >= 0.6 is 11.8 Å². The first-order chi connectivity index (χ1) is 12.0. The van der Waals surface area contributed by atoms with Crippen LogP contribution in [-0.4, -0.2) is 29.1 Å². The Labute approximate surface area is 145 Å². The molecule has 0 saturated carbocycles. The van der Waals surface area contributed by atoms with E-state index in [0.29, 0.717) is 16.3 Å². The van der Waals surface area contributed by atoms with Crippen molar-refractivity contribution in [1.82, 2.24) is 4.98 Å². The van der Waals surface area contributed by atoms with E-state index in [1.54, 1.807) is 18.2 Å². The van der Waals surface area contributed by atoms with Gasteiger partial charge >= 0.3 is 5.97 Å². The fourth-order valence-corrected chi connectivity index (χ4v) is 2.61. The Morgan fingerprint density at radius 1 is 1.12 bits per heavy atom. The summed E-state index contributed by atoms with van der Waals surface area (Å²) in [6, 6.07) is 9.89. The highest BCUT2D eigenvalue weighted by molar-refractivity contribution is 7.99. The molecule has 0 atom stereocenters. The van der Waals surface area contributed by atoms with Gasteiger partial charge < -0.3 is 9.15 Å². The van der Waals surface area contributed by atoms with E-state index in [2.05, 4.69) is 4.98 Å². The maximum atomic E-state index is 13.1. The third-order valence-corrected chi connectivity index (χ3v) is 4.00. The van der Waals surface area contributed by atoms with Gasteiger partial charge in [-0.2, -0.15) is 0 Å². The summed E-state index contributed by atoms with van der Waals surface area (Å²) in [6.45, 7) is -0.558. The number of carbonyl (C=O) groups is 2. The van der Waals surface area contributed by atoms with Crippen LogP contribution in [0.4, 0.5) is 8.78 Å². The maximum absolute atomic E-state index is 13.1. The molecule has 0 aliphatic rings. The lowest BCUT2D eigenvalue weighted by atomic mass is 10.1. The number of halogens is 2. The Kier molecular flexibility index (Phi) is 5.08. The van der Waals surface area contributed by atoms with E-state index >= 15 is 0 Å². The van der Waals surface area contributed by atoms with Crippen LogP contribution in [0.15, 0.2) is 52.1 Å². The minimum atomic E-state index is -1.14. The van der Waals surface area contributed by atoms with Crippen LogP contribution in [0.5, 0.6) is 0 Å². The smallest absolute Gasteiger partial charge is 0.316 e. The minimum Gasteiger partial charge on any atom is -0.457 e. The second kappa shape index (κ2) is 7.43. The first-order valence-corrected chi connectivity index (χ1v) is 8.14. The SMILES string of the molecule is O=C(CSc1nc2ccccc2o1)OCC(=O)c1ccc(F)c(F)c1. The lowest BCUT2D eigenvalue weighted by molar-refractivity contribution is -0.139. The lowest BCUT2D eigenvalue weighted by Crippen LogP contribution is -2.15. The van der Waals surface area contributed by atoms with Gasteiger partial charge in [0, 0.05) is 5.56 Å². The molecule has 0 bridgehead atoms. The Morgan fingerprint density at radius 3 is 2.68 bits per heavy atom. The predicted octanol–water partition coefficient (Wildman–Crippen LogP) is 3.62. The van der Waals surface area contributed by atoms with Crippen molar-refractivity contribution in [2.45, 2.75) is 5.22 Å². The molecule has 5 nitrogen and oxygen atoms in total. The molecule has 8 heteroatoms. The number of aromatic nitrogens is 1. The first-order valence-electron chi connectivity index (χ1n) is 7.15. The number of para-hydroxylation sites is 2. The number of hydrogen-bond acceptors (Lipinski definition) is 6. The maximum Gasteiger partial charge on any atom is 0.316 e. The van der Waals surface area contributed by atoms with E-state index < -0.39 is 30.0 Å². The minimum absolute atomic E-state index is 0.0710. The number of ketones is 1. The molecule has 0 amide bonds. The summed E-state index contributed by atoms with van der Waals surface area (Å²) in [5.74, 6) is -3.56. The fraction of sp³-hybridized carbons (Fsp3) is 0.118. The summed E-state index contributed by atoms with van der Waals surface area (Å²) in [6.07, 6.45) is 0. The molecule has 1 aromatic heterocycles. The Morgan fingerprint density at radius 2 is 1.92 bits per heavy atom. The van der Waals surface area contributed by atoms with Crippen molar-refractivity contribution in [2.75, 3.05) is 12.4 Å². The molecular weight excluding hydrogens is 352 g/mol. The molecule has 0 unspecified atom stereocenters. The summed E-state index contributed by atoms with van der Waals surface area (Å²) in [4.78, 5) is 27.7. The van der Waals surface area contributed by atoms with Gasteiger partial charge in [0.15, 0.2) is 29.6 Å². The molecule has 3 rings (SSSR count). The lowest BCUT2D eigenvalue weighted by Gasteiger charge is -2.04. The summed E-state index contributed by atoms with van der Waals surface area (Å²) in [7, 11) is 0. The van der Waals surface area contributed by atoms with Crippen LogP contribution in [0.25, 0.3) is 11.1 Å². The molecule has 0 radical (unpaired) electrons. The van der Waals surface area contributed by atoms with Crippen LogP contribution in [-0.2, 0) is 9.53 Å². The number of hydrogen-bond donors (Lipinski definition) is 0. The molecule has 0 saturated heterocycles. The molecule has 2 aromatic carbocycles. The standard InChI is InChI=1S/C17H11F2NO4S/c18-11-6-5-10(7-12(11)19)14(21)8-23-16(22)9-25-17-20-13-3-1-2-4-15(13)24-17/h1-7H,8-9H2. The van der Waals surface area contributed by atoms with Crippen molar-refractivity contribution >= 4 is 34.6 Å². The van der Waals surface area contributed by atoms with Gasteiger partial charge in [-0.15, -0.1) is 0 Å². The molecule has 0 spiro atoms. The van der Waals surface area contributed by atoms with Crippen molar-refractivity contribution in [3.8, 4) is 0 Å². The third kappa shape index (κ3) is 4.21. The van der Waals surface area contributed by atoms with E-state index in [-0.39, 0.29) is 11.3 Å². The number of thioether (sulfide) groups is 1. The van der Waals surface area contributed by atoms with E-state index in [4.69, 9.17) is 9.15 Å². The highest BCUT2D eigenvalue weighted by atomic mass is 32.2. The van der Waals surface area contributed by atoms with E-state index in [1.165, 1.54) is 0 Å². The van der Waals surface area contributed by atoms with Crippen LogP contribution in [0.1, 0.15) is 10.4 Å². The quantitative estimate of drug-likeness (QED) is 0.378. The number of esters is 1. The monoisotopic (exact) mass is 363 g/mol. The number of benzene rings is 2. The average Bonchev–Trinajstić information content (AvgIpc) is 3.03. The van der Waals surface area contributed by atoms with Crippen molar-refractivity contribution in [1.29, 1.82) is 0 Å². The van der Waals surface area contributed by atoms with Gasteiger partial charge in [0.1, 0.15) is 11.3 Å². The second-order valence-corrected chi connectivity index (χ2v) is 5.88. The number of carbonyl (C=O) groups excluding carboxylic acids is 2. The number of Topliss-reactive ketones (excluding diaryl/α,β-unsaturated/α-hetero) is 1. The van der Waals surface area contributed by atoms with Crippen LogP contribution in [0.2, 0.25) is 0 Å². The van der Waals surface area contributed by atoms with Crippen LogP contribution in [0, 0.1) is 11.6 Å². The van der Waals surface area contributed by atoms with Crippen LogP contribution < -0.4 is 0 Å². The number of oxazole rings is 1. The molecule has 0 aliphatic heterocycles. The molecular formula is C17H11F2NO4S. The van der Waals surface area contributed by atoms with E-state index in [9.17, 15) is 18.4 Å². The first kappa shape index (κ1) is 17.1. The largest absolute Gasteiger partial charge is 0.457 e. The Balaban J connectivity index is 1.50. The zero-order valence-corrected chi connectivity index (χ0v) is 13.5. The molecule has 3 aromatic rings. The van der Waals surface area contributed by atoms with Crippen molar-refractivity contribution in [2.24, 2.45) is 0 Å².